The maximum atomic E-state index is 12.6. The molecule has 0 aromatic heterocycles. The van der Waals surface area contributed by atoms with Crippen molar-refractivity contribution in [2.24, 2.45) is 0 Å². The van der Waals surface area contributed by atoms with E-state index in [9.17, 15) is 4.79 Å². The number of nitrogens with zero attached hydrogens (tertiary/aromatic N) is 1. The van der Waals surface area contributed by atoms with Crippen molar-refractivity contribution < 1.29 is 9.53 Å². The number of rotatable bonds is 5. The van der Waals surface area contributed by atoms with Crippen molar-refractivity contribution in [1.82, 2.24) is 10.2 Å². The number of thiocarbonyl (C=S) groups is 1. The normalized spacial score (nSPS) is 14.0. The zero-order chi connectivity index (χ0) is 20.1. The Kier molecular flexibility index (Phi) is 7.45. The van der Waals surface area contributed by atoms with Gasteiger partial charge in [0, 0.05) is 16.7 Å². The minimum Gasteiger partial charge on any atom is -0.495 e. The number of methoxy groups -OCH3 is 1. The lowest BCUT2D eigenvalue weighted by atomic mass is 10.2. The van der Waals surface area contributed by atoms with E-state index in [0.29, 0.717) is 15.8 Å². The Hall–Kier alpha value is -1.48. The van der Waals surface area contributed by atoms with Crippen molar-refractivity contribution in [1.29, 1.82) is 0 Å². The Labute approximate surface area is 187 Å². The molecule has 1 fully saturated rings. The summed E-state index contributed by atoms with van der Waals surface area (Å²) in [4.78, 5) is 15.1. The van der Waals surface area contributed by atoms with Crippen LogP contribution in [-0.4, -0.2) is 36.1 Å². The third kappa shape index (κ3) is 5.53. The molecule has 148 valence electrons. The number of ether oxygens (including phenoxy) is 1. The fraction of sp³-hybridized carbons (Fsp3) is 0.300. The predicted octanol–water partition coefficient (Wildman–Crippen LogP) is 4.94. The Bertz CT molecular complexity index is 868. The van der Waals surface area contributed by atoms with Gasteiger partial charge in [-0.05, 0) is 83.9 Å². The van der Waals surface area contributed by atoms with E-state index in [1.165, 1.54) is 38.6 Å². The fourth-order valence-electron chi connectivity index (χ4n) is 3.16. The third-order valence-electron chi connectivity index (χ3n) is 4.50. The Morgan fingerprint density at radius 3 is 2.50 bits per heavy atom. The fourth-order valence-corrected chi connectivity index (χ4v) is 4.76. The number of hydrogen-bond acceptors (Lipinski definition) is 4. The van der Waals surface area contributed by atoms with Gasteiger partial charge >= 0.3 is 0 Å². The van der Waals surface area contributed by atoms with Crippen LogP contribution in [0.15, 0.2) is 45.3 Å². The zero-order valence-corrected chi connectivity index (χ0v) is 19.4. The number of likely N-dealkylation sites (tertiary alicyclic amines) is 1. The van der Waals surface area contributed by atoms with Crippen LogP contribution in [0.3, 0.4) is 0 Å². The molecule has 3 rings (SSSR count). The summed E-state index contributed by atoms with van der Waals surface area (Å²) in [5.41, 5.74) is 2.48. The van der Waals surface area contributed by atoms with Gasteiger partial charge in [-0.1, -0.05) is 28.1 Å². The van der Waals surface area contributed by atoms with Crippen LogP contribution >= 0.6 is 44.1 Å². The highest BCUT2D eigenvalue weighted by molar-refractivity contribution is 9.11. The van der Waals surface area contributed by atoms with Crippen molar-refractivity contribution in [3.05, 3.63) is 56.5 Å². The van der Waals surface area contributed by atoms with Gasteiger partial charge in [0.15, 0.2) is 5.11 Å². The van der Waals surface area contributed by atoms with Gasteiger partial charge in [-0.3, -0.25) is 15.0 Å². The Morgan fingerprint density at radius 1 is 1.18 bits per heavy atom. The third-order valence-corrected chi connectivity index (χ3v) is 5.75. The minimum absolute atomic E-state index is 0.232. The van der Waals surface area contributed by atoms with E-state index in [1.54, 1.807) is 6.07 Å². The highest BCUT2D eigenvalue weighted by Gasteiger charge is 2.17. The Balaban J connectivity index is 1.60. The first-order valence-electron chi connectivity index (χ1n) is 8.93. The van der Waals surface area contributed by atoms with Crippen LogP contribution in [0.25, 0.3) is 0 Å². The van der Waals surface area contributed by atoms with Crippen LogP contribution in [0, 0.1) is 0 Å². The molecule has 28 heavy (non-hydrogen) atoms. The average molecular weight is 527 g/mol. The summed E-state index contributed by atoms with van der Waals surface area (Å²) in [5, 5.41) is 5.98. The summed E-state index contributed by atoms with van der Waals surface area (Å²) in [7, 11) is 1.52. The number of nitrogens with one attached hydrogen (secondary N) is 2. The molecule has 8 heteroatoms. The van der Waals surface area contributed by atoms with Gasteiger partial charge in [0.25, 0.3) is 5.91 Å². The molecule has 0 bridgehead atoms. The van der Waals surface area contributed by atoms with E-state index < -0.39 is 0 Å². The first-order valence-corrected chi connectivity index (χ1v) is 10.9. The molecular weight excluding hydrogens is 506 g/mol. The zero-order valence-electron chi connectivity index (χ0n) is 15.4. The molecule has 1 heterocycles. The van der Waals surface area contributed by atoms with Crippen LogP contribution < -0.4 is 15.4 Å². The lowest BCUT2D eigenvalue weighted by Gasteiger charge is -2.15. The first kappa shape index (κ1) is 21.2. The first-order chi connectivity index (χ1) is 13.5. The van der Waals surface area contributed by atoms with Crippen molar-refractivity contribution in [3.8, 4) is 5.75 Å². The molecule has 0 unspecified atom stereocenters. The second kappa shape index (κ2) is 9.82. The molecule has 2 aromatic rings. The minimum atomic E-state index is -0.345. The SMILES string of the molecule is COc1c(Br)cc(Br)cc1C(=O)NC(=S)Nc1ccc(CN2CCCC2)cc1. The van der Waals surface area contributed by atoms with Crippen molar-refractivity contribution in [3.63, 3.8) is 0 Å². The molecule has 2 N–H and O–H groups in total. The number of carbonyl (C=O) groups is 1. The van der Waals surface area contributed by atoms with Gasteiger partial charge in [-0.15, -0.1) is 0 Å². The molecule has 0 radical (unpaired) electrons. The second-order valence-electron chi connectivity index (χ2n) is 6.56. The smallest absolute Gasteiger partial charge is 0.261 e. The van der Waals surface area contributed by atoms with Crippen LogP contribution in [0.2, 0.25) is 0 Å². The van der Waals surface area contributed by atoms with Gasteiger partial charge in [0.1, 0.15) is 5.75 Å². The predicted molar refractivity (Wildman–Crippen MR) is 123 cm³/mol. The Morgan fingerprint density at radius 2 is 1.86 bits per heavy atom. The second-order valence-corrected chi connectivity index (χ2v) is 8.74. The quantitative estimate of drug-likeness (QED) is 0.540. The standard InChI is InChI=1S/C20H21Br2N3O2S/c1-27-18-16(10-14(21)11-17(18)22)19(26)24-20(28)23-15-6-4-13(5-7-15)12-25-8-2-3-9-25/h4-7,10-11H,2-3,8-9,12H2,1H3,(H2,23,24,26,28). The number of benzene rings is 2. The lowest BCUT2D eigenvalue weighted by molar-refractivity contribution is 0.0974. The number of halogens is 2. The van der Waals surface area contributed by atoms with Crippen LogP contribution in [0.5, 0.6) is 5.75 Å². The molecule has 0 saturated carbocycles. The molecule has 5 nitrogen and oxygen atoms in total. The van der Waals surface area contributed by atoms with Gasteiger partial charge in [-0.25, -0.2) is 0 Å². The molecule has 0 atom stereocenters. The number of amides is 1. The van der Waals surface area contributed by atoms with E-state index in [2.05, 4.69) is 59.5 Å². The summed E-state index contributed by atoms with van der Waals surface area (Å²) >= 11 is 12.1. The van der Waals surface area contributed by atoms with Gasteiger partial charge in [-0.2, -0.15) is 0 Å². The van der Waals surface area contributed by atoms with E-state index >= 15 is 0 Å². The number of carbonyl (C=O) groups excluding carboxylic acids is 1. The van der Waals surface area contributed by atoms with E-state index in [0.717, 1.165) is 16.7 Å². The van der Waals surface area contributed by atoms with Gasteiger partial charge < -0.3 is 10.1 Å². The van der Waals surface area contributed by atoms with E-state index in [4.69, 9.17) is 17.0 Å². The summed E-state index contributed by atoms with van der Waals surface area (Å²) in [5.74, 6) is 0.108. The maximum Gasteiger partial charge on any atom is 0.261 e. The van der Waals surface area contributed by atoms with Crippen molar-refractivity contribution in [2.75, 3.05) is 25.5 Å². The highest BCUT2D eigenvalue weighted by atomic mass is 79.9. The lowest BCUT2D eigenvalue weighted by Crippen LogP contribution is -2.34. The van der Waals surface area contributed by atoms with Crippen LogP contribution in [0.1, 0.15) is 28.8 Å². The molecule has 0 spiro atoms. The van der Waals surface area contributed by atoms with Gasteiger partial charge in [0.05, 0.1) is 17.1 Å². The molecule has 1 amide bonds. The largest absolute Gasteiger partial charge is 0.495 e. The van der Waals surface area contributed by atoms with Crippen LogP contribution in [-0.2, 0) is 6.54 Å². The average Bonchev–Trinajstić information content (AvgIpc) is 3.15. The van der Waals surface area contributed by atoms with E-state index in [-0.39, 0.29) is 11.0 Å². The molecule has 1 aliphatic heterocycles. The number of anilines is 1. The molecule has 0 aliphatic carbocycles. The van der Waals surface area contributed by atoms with Crippen molar-refractivity contribution >= 4 is 60.8 Å². The number of hydrogen-bond donors (Lipinski definition) is 2. The van der Waals surface area contributed by atoms with Gasteiger partial charge in [0.2, 0.25) is 0 Å². The molecule has 1 saturated heterocycles. The maximum absolute atomic E-state index is 12.6. The summed E-state index contributed by atoms with van der Waals surface area (Å²) in [6.07, 6.45) is 2.57. The molecule has 2 aromatic carbocycles. The molecule has 1 aliphatic rings. The van der Waals surface area contributed by atoms with Crippen molar-refractivity contribution in [2.45, 2.75) is 19.4 Å². The van der Waals surface area contributed by atoms with Crippen LogP contribution in [0.4, 0.5) is 5.69 Å². The monoisotopic (exact) mass is 525 g/mol. The topological polar surface area (TPSA) is 53.6 Å². The molecular formula is C20H21Br2N3O2S. The summed E-state index contributed by atoms with van der Waals surface area (Å²) in [6.45, 7) is 3.32. The van der Waals surface area contributed by atoms with E-state index in [1.807, 2.05) is 18.2 Å². The summed E-state index contributed by atoms with van der Waals surface area (Å²) < 4.78 is 6.77. The summed E-state index contributed by atoms with van der Waals surface area (Å²) in [6, 6.07) is 11.6. The highest BCUT2D eigenvalue weighted by Crippen LogP contribution is 2.32.